The molecule has 4 N–H and O–H groups in total. The van der Waals surface area contributed by atoms with Gasteiger partial charge in [0.15, 0.2) is 0 Å². The molecule has 144 valence electrons. The van der Waals surface area contributed by atoms with Crippen LogP contribution >= 0.6 is 0 Å². The highest BCUT2D eigenvalue weighted by Crippen LogP contribution is 2.20. The van der Waals surface area contributed by atoms with Gasteiger partial charge in [-0.25, -0.2) is 0 Å². The van der Waals surface area contributed by atoms with Crippen molar-refractivity contribution in [3.63, 3.8) is 0 Å². The molecule has 0 unspecified atom stereocenters. The smallest absolute Gasteiger partial charge is 0.135 e. The summed E-state index contributed by atoms with van der Waals surface area (Å²) in [6, 6.07) is 0. The van der Waals surface area contributed by atoms with E-state index in [2.05, 4.69) is 0 Å². The lowest BCUT2D eigenvalue weighted by molar-refractivity contribution is -0.120. The number of Topliss-reactive ketones (excluding diaryl/α,β-unsaturated/α-hetero) is 1. The summed E-state index contributed by atoms with van der Waals surface area (Å²) in [4.78, 5) is 11.2. The highest BCUT2D eigenvalue weighted by Gasteiger charge is 2.26. The molecule has 0 radical (unpaired) electrons. The third-order valence-electron chi connectivity index (χ3n) is 4.18. The molecule has 0 aromatic heterocycles. The molecule has 5 nitrogen and oxygen atoms in total. The molecule has 0 aliphatic rings. The Kier molecular flexibility index (Phi) is 12.3. The Labute approximate surface area is 151 Å². The third-order valence-corrected chi connectivity index (χ3v) is 4.18. The first-order chi connectivity index (χ1) is 11.7. The highest BCUT2D eigenvalue weighted by molar-refractivity contribution is 5.78. The maximum absolute atomic E-state index is 11.2. The van der Waals surface area contributed by atoms with Gasteiger partial charge in [-0.2, -0.15) is 0 Å². The average Bonchev–Trinajstić information content (AvgIpc) is 2.55. The van der Waals surface area contributed by atoms with Gasteiger partial charge in [-0.05, 0) is 13.3 Å². The normalized spacial score (nSPS) is 20.0. The molecule has 0 saturated heterocycles. The lowest BCUT2D eigenvalue weighted by Gasteiger charge is -2.27. The van der Waals surface area contributed by atoms with E-state index in [1.54, 1.807) is 51.2 Å². The van der Waals surface area contributed by atoms with Crippen LogP contribution in [-0.2, 0) is 4.79 Å². The number of rotatable bonds is 12. The van der Waals surface area contributed by atoms with Crippen molar-refractivity contribution < 1.29 is 25.2 Å². The van der Waals surface area contributed by atoms with Crippen molar-refractivity contribution in [3.8, 4) is 0 Å². The van der Waals surface area contributed by atoms with Gasteiger partial charge < -0.3 is 20.4 Å². The van der Waals surface area contributed by atoms with Crippen LogP contribution in [0.15, 0.2) is 36.5 Å². The van der Waals surface area contributed by atoms with Gasteiger partial charge in [0.1, 0.15) is 5.78 Å². The lowest BCUT2D eigenvalue weighted by Crippen LogP contribution is -2.35. The maximum atomic E-state index is 11.2. The van der Waals surface area contributed by atoms with E-state index in [9.17, 15) is 25.2 Å². The van der Waals surface area contributed by atoms with Crippen molar-refractivity contribution in [2.24, 2.45) is 11.8 Å². The van der Waals surface area contributed by atoms with E-state index in [1.165, 1.54) is 0 Å². The number of carbonyl (C=O) groups is 1. The number of aliphatic hydroxyl groups is 4. The van der Waals surface area contributed by atoms with Gasteiger partial charge >= 0.3 is 0 Å². The van der Waals surface area contributed by atoms with Crippen LogP contribution < -0.4 is 0 Å². The minimum Gasteiger partial charge on any atom is -0.393 e. The molecule has 0 spiro atoms. The molecule has 0 saturated carbocycles. The van der Waals surface area contributed by atoms with Gasteiger partial charge in [0.05, 0.1) is 24.4 Å². The Bertz CT molecular complexity index is 453. The van der Waals surface area contributed by atoms with E-state index in [1.807, 2.05) is 13.0 Å². The second-order valence-electron chi connectivity index (χ2n) is 6.68. The zero-order chi connectivity index (χ0) is 19.4. The number of ketones is 1. The minimum atomic E-state index is -0.766. The summed E-state index contributed by atoms with van der Waals surface area (Å²) in [6.07, 6.45) is 8.32. The molecule has 25 heavy (non-hydrogen) atoms. The van der Waals surface area contributed by atoms with Crippen molar-refractivity contribution in [2.75, 3.05) is 0 Å². The van der Waals surface area contributed by atoms with Crippen molar-refractivity contribution in [2.45, 2.75) is 71.4 Å². The number of carbonyl (C=O) groups excluding carboxylic acids is 1. The SMILES string of the molecule is CCC(=O)C[C@@H](O)/C=C/C=C\C=C/[C@H](C)[C@H](O)[C@@H](C)[C@@H](O)C[C@@H](C)O. The van der Waals surface area contributed by atoms with E-state index in [4.69, 9.17) is 0 Å². The van der Waals surface area contributed by atoms with Crippen molar-refractivity contribution in [3.05, 3.63) is 36.5 Å². The Hall–Kier alpha value is -1.27. The Morgan fingerprint density at radius 3 is 2.00 bits per heavy atom. The lowest BCUT2D eigenvalue weighted by atomic mass is 9.87. The molecule has 0 fully saturated rings. The largest absolute Gasteiger partial charge is 0.393 e. The first kappa shape index (κ1) is 23.7. The van der Waals surface area contributed by atoms with Crippen molar-refractivity contribution in [1.82, 2.24) is 0 Å². The fourth-order valence-electron chi connectivity index (χ4n) is 2.39. The van der Waals surface area contributed by atoms with Crippen molar-refractivity contribution in [1.29, 1.82) is 0 Å². The molecule has 0 aliphatic carbocycles. The maximum Gasteiger partial charge on any atom is 0.135 e. The predicted octanol–water partition coefficient (Wildman–Crippen LogP) is 2.15. The molecule has 0 bridgehead atoms. The first-order valence-electron chi connectivity index (χ1n) is 8.94. The van der Waals surface area contributed by atoms with Gasteiger partial charge in [0.2, 0.25) is 0 Å². The number of hydrogen-bond acceptors (Lipinski definition) is 5. The summed E-state index contributed by atoms with van der Waals surface area (Å²) < 4.78 is 0. The quantitative estimate of drug-likeness (QED) is 0.403. The second kappa shape index (κ2) is 13.0. The van der Waals surface area contributed by atoms with Crippen molar-refractivity contribution >= 4 is 5.78 Å². The highest BCUT2D eigenvalue weighted by atomic mass is 16.3. The predicted molar refractivity (Wildman–Crippen MR) is 100.0 cm³/mol. The number of hydrogen-bond donors (Lipinski definition) is 4. The van der Waals surface area contributed by atoms with Crippen LogP contribution in [0.4, 0.5) is 0 Å². The van der Waals surface area contributed by atoms with Gasteiger partial charge in [0.25, 0.3) is 0 Å². The molecule has 0 heterocycles. The minimum absolute atomic E-state index is 0.0238. The standard InChI is InChI=1S/C20H34O5/c1-5-17(22)13-18(23)11-9-7-6-8-10-14(2)20(25)16(4)19(24)12-15(3)21/h6-11,14-16,18-21,23-25H,5,12-13H2,1-4H3/b7-6-,10-8-,11-9+/t14-,15+,16-,18-,19-,20-/m0/s1. The van der Waals surface area contributed by atoms with Gasteiger partial charge in [-0.3, -0.25) is 4.79 Å². The summed E-state index contributed by atoms with van der Waals surface area (Å²) in [6.45, 7) is 7.00. The Morgan fingerprint density at radius 2 is 1.48 bits per heavy atom. The summed E-state index contributed by atoms with van der Waals surface area (Å²) in [5, 5.41) is 39.1. The Balaban J connectivity index is 4.36. The summed E-state index contributed by atoms with van der Waals surface area (Å²) in [5.74, 6) is -0.472. The van der Waals surface area contributed by atoms with Crippen LogP contribution in [0.25, 0.3) is 0 Å². The van der Waals surface area contributed by atoms with Crippen LogP contribution in [0, 0.1) is 11.8 Å². The van der Waals surface area contributed by atoms with Crippen LogP contribution in [0.1, 0.15) is 47.0 Å². The first-order valence-corrected chi connectivity index (χ1v) is 8.94. The molecule has 5 heteroatoms. The van der Waals surface area contributed by atoms with Crippen LogP contribution in [0.5, 0.6) is 0 Å². The fourth-order valence-corrected chi connectivity index (χ4v) is 2.39. The monoisotopic (exact) mass is 354 g/mol. The third kappa shape index (κ3) is 11.1. The van der Waals surface area contributed by atoms with E-state index < -0.39 is 24.4 Å². The molecule has 0 aromatic carbocycles. The topological polar surface area (TPSA) is 98.0 Å². The van der Waals surface area contributed by atoms with E-state index in [0.29, 0.717) is 6.42 Å². The van der Waals surface area contributed by atoms with Gasteiger partial charge in [0, 0.05) is 24.7 Å². The molecule has 0 aromatic rings. The Morgan fingerprint density at radius 1 is 0.920 bits per heavy atom. The van der Waals surface area contributed by atoms with Gasteiger partial charge in [-0.15, -0.1) is 0 Å². The molecule has 0 amide bonds. The summed E-state index contributed by atoms with van der Waals surface area (Å²) in [7, 11) is 0. The molecular formula is C20H34O5. The zero-order valence-corrected chi connectivity index (χ0v) is 15.7. The van der Waals surface area contributed by atoms with Crippen LogP contribution in [0.2, 0.25) is 0 Å². The van der Waals surface area contributed by atoms with E-state index >= 15 is 0 Å². The second-order valence-corrected chi connectivity index (χ2v) is 6.68. The van der Waals surface area contributed by atoms with Gasteiger partial charge in [-0.1, -0.05) is 57.2 Å². The average molecular weight is 354 g/mol. The van der Waals surface area contributed by atoms with E-state index in [0.717, 1.165) is 0 Å². The summed E-state index contributed by atoms with van der Waals surface area (Å²) in [5.41, 5.74) is 0. The number of aliphatic hydroxyl groups excluding tert-OH is 4. The fraction of sp³-hybridized carbons (Fsp3) is 0.650. The zero-order valence-electron chi connectivity index (χ0n) is 15.7. The van der Waals surface area contributed by atoms with Crippen LogP contribution in [-0.4, -0.2) is 50.6 Å². The molecular weight excluding hydrogens is 320 g/mol. The molecule has 0 aliphatic heterocycles. The summed E-state index contributed by atoms with van der Waals surface area (Å²) >= 11 is 0. The molecule has 0 rings (SSSR count). The van der Waals surface area contributed by atoms with E-state index in [-0.39, 0.29) is 30.5 Å². The molecule has 6 atom stereocenters. The van der Waals surface area contributed by atoms with Crippen LogP contribution in [0.3, 0.4) is 0 Å². The number of allylic oxidation sites excluding steroid dienone is 4.